The minimum atomic E-state index is 0.413. The van der Waals surface area contributed by atoms with E-state index in [0.29, 0.717) is 51.0 Å². The highest BCUT2D eigenvalue weighted by atomic mass is 16.6. The minimum Gasteiger partial charge on any atom is -0.490 e. The predicted molar refractivity (Wildman–Crippen MR) is 74.9 cm³/mol. The summed E-state index contributed by atoms with van der Waals surface area (Å²) in [7, 11) is 1.64. The fourth-order valence-corrected chi connectivity index (χ4v) is 1.53. The van der Waals surface area contributed by atoms with E-state index < -0.39 is 0 Å². The maximum absolute atomic E-state index is 9.00. The predicted octanol–water partition coefficient (Wildman–Crippen LogP) is 1.93. The first-order chi connectivity index (χ1) is 9.77. The zero-order chi connectivity index (χ0) is 14.6. The van der Waals surface area contributed by atoms with Crippen molar-refractivity contribution in [2.45, 2.75) is 6.92 Å². The molecule has 0 atom stereocenters. The summed E-state index contributed by atoms with van der Waals surface area (Å²) in [6.45, 7) is 5.04. The molecule has 5 nitrogen and oxygen atoms in total. The quantitative estimate of drug-likeness (QED) is 0.612. The Labute approximate surface area is 120 Å². The third-order valence-electron chi connectivity index (χ3n) is 2.54. The smallest absolute Gasteiger partial charge is 0.137 e. The van der Waals surface area contributed by atoms with Gasteiger partial charge in [0.2, 0.25) is 0 Å². The van der Waals surface area contributed by atoms with Crippen molar-refractivity contribution in [1.29, 1.82) is 5.26 Å². The number of nitrogens with zero attached hydrogens (tertiary/aromatic N) is 1. The molecule has 0 N–H and O–H groups in total. The van der Waals surface area contributed by atoms with Gasteiger partial charge in [-0.2, -0.15) is 5.26 Å². The molecular weight excluding hydrogens is 258 g/mol. The van der Waals surface area contributed by atoms with Crippen molar-refractivity contribution in [3.63, 3.8) is 0 Å². The average molecular weight is 279 g/mol. The first-order valence-corrected chi connectivity index (χ1v) is 6.56. The lowest BCUT2D eigenvalue weighted by molar-refractivity contribution is 0.0179. The fourth-order valence-electron chi connectivity index (χ4n) is 1.53. The standard InChI is InChI=1S/C15H21NO4/c1-13-3-4-15(14(11-13)12-16)20-10-9-19-8-7-18-6-5-17-2/h3-4,11H,5-10H2,1-2H3. The van der Waals surface area contributed by atoms with Gasteiger partial charge in [-0.1, -0.05) is 6.07 Å². The summed E-state index contributed by atoms with van der Waals surface area (Å²) in [5.74, 6) is 0.595. The van der Waals surface area contributed by atoms with E-state index in [1.165, 1.54) is 0 Å². The maximum atomic E-state index is 9.00. The van der Waals surface area contributed by atoms with Crippen molar-refractivity contribution in [2.24, 2.45) is 0 Å². The third kappa shape index (κ3) is 6.53. The Kier molecular flexibility index (Phi) is 8.40. The molecule has 1 aromatic rings. The second-order valence-corrected chi connectivity index (χ2v) is 4.18. The van der Waals surface area contributed by atoms with Crippen molar-refractivity contribution in [2.75, 3.05) is 46.8 Å². The Morgan fingerprint density at radius 2 is 1.65 bits per heavy atom. The lowest BCUT2D eigenvalue weighted by atomic mass is 10.1. The maximum Gasteiger partial charge on any atom is 0.137 e. The van der Waals surface area contributed by atoms with Crippen LogP contribution in [0, 0.1) is 18.3 Å². The molecule has 5 heteroatoms. The van der Waals surface area contributed by atoms with E-state index in [-0.39, 0.29) is 0 Å². The number of hydrogen-bond donors (Lipinski definition) is 0. The topological polar surface area (TPSA) is 60.7 Å². The van der Waals surface area contributed by atoms with Crippen LogP contribution in [0.3, 0.4) is 0 Å². The Bertz CT molecular complexity index is 428. The lowest BCUT2D eigenvalue weighted by Gasteiger charge is -2.09. The number of aryl methyl sites for hydroxylation is 1. The van der Waals surface area contributed by atoms with Crippen LogP contribution < -0.4 is 4.74 Å². The number of ether oxygens (including phenoxy) is 4. The van der Waals surface area contributed by atoms with Gasteiger partial charge in [0.25, 0.3) is 0 Å². The second kappa shape index (κ2) is 10.2. The largest absolute Gasteiger partial charge is 0.490 e. The van der Waals surface area contributed by atoms with E-state index in [2.05, 4.69) is 6.07 Å². The van der Waals surface area contributed by atoms with Gasteiger partial charge in [-0.05, 0) is 24.6 Å². The molecule has 0 fully saturated rings. The van der Waals surface area contributed by atoms with E-state index >= 15 is 0 Å². The van der Waals surface area contributed by atoms with Crippen molar-refractivity contribution < 1.29 is 18.9 Å². The minimum absolute atomic E-state index is 0.413. The first kappa shape index (κ1) is 16.4. The van der Waals surface area contributed by atoms with E-state index in [0.717, 1.165) is 5.56 Å². The third-order valence-corrected chi connectivity index (χ3v) is 2.54. The highest BCUT2D eigenvalue weighted by molar-refractivity contribution is 5.45. The van der Waals surface area contributed by atoms with Gasteiger partial charge in [0.15, 0.2) is 0 Å². The number of nitriles is 1. The Morgan fingerprint density at radius 1 is 1.00 bits per heavy atom. The van der Waals surface area contributed by atoms with Crippen molar-refractivity contribution >= 4 is 0 Å². The molecule has 0 bridgehead atoms. The molecule has 20 heavy (non-hydrogen) atoms. The van der Waals surface area contributed by atoms with Crippen LogP contribution in [0.4, 0.5) is 0 Å². The molecule has 0 saturated heterocycles. The van der Waals surface area contributed by atoms with Gasteiger partial charge < -0.3 is 18.9 Å². The van der Waals surface area contributed by atoms with Crippen LogP contribution in [-0.4, -0.2) is 46.8 Å². The molecule has 0 unspecified atom stereocenters. The summed E-state index contributed by atoms with van der Waals surface area (Å²) in [6.07, 6.45) is 0. The van der Waals surface area contributed by atoms with Crippen LogP contribution in [0.2, 0.25) is 0 Å². The van der Waals surface area contributed by atoms with Crippen LogP contribution in [0.1, 0.15) is 11.1 Å². The van der Waals surface area contributed by atoms with Gasteiger partial charge >= 0.3 is 0 Å². The van der Waals surface area contributed by atoms with Gasteiger partial charge in [-0.15, -0.1) is 0 Å². The van der Waals surface area contributed by atoms with Gasteiger partial charge in [-0.25, -0.2) is 0 Å². The average Bonchev–Trinajstić information content (AvgIpc) is 2.46. The summed E-state index contributed by atoms with van der Waals surface area (Å²) in [5.41, 5.74) is 1.59. The molecule has 0 aliphatic heterocycles. The summed E-state index contributed by atoms with van der Waals surface area (Å²) in [6, 6.07) is 7.65. The van der Waals surface area contributed by atoms with E-state index in [9.17, 15) is 0 Å². The van der Waals surface area contributed by atoms with E-state index in [1.54, 1.807) is 13.2 Å². The first-order valence-electron chi connectivity index (χ1n) is 6.56. The summed E-state index contributed by atoms with van der Waals surface area (Å²) in [4.78, 5) is 0. The molecule has 0 saturated carbocycles. The number of benzene rings is 1. The summed E-state index contributed by atoms with van der Waals surface area (Å²) in [5, 5.41) is 9.00. The fraction of sp³-hybridized carbons (Fsp3) is 0.533. The molecule has 0 spiro atoms. The van der Waals surface area contributed by atoms with Gasteiger partial charge in [0.1, 0.15) is 18.4 Å². The van der Waals surface area contributed by atoms with Gasteiger partial charge in [0.05, 0.1) is 38.6 Å². The molecule has 0 heterocycles. The normalized spacial score (nSPS) is 10.2. The van der Waals surface area contributed by atoms with E-state index in [4.69, 9.17) is 24.2 Å². The van der Waals surface area contributed by atoms with Crippen LogP contribution in [-0.2, 0) is 14.2 Å². The van der Waals surface area contributed by atoms with Crippen molar-refractivity contribution in [3.8, 4) is 11.8 Å². The lowest BCUT2D eigenvalue weighted by Crippen LogP contribution is -2.12. The van der Waals surface area contributed by atoms with Crippen LogP contribution in [0.25, 0.3) is 0 Å². The molecule has 0 amide bonds. The second-order valence-electron chi connectivity index (χ2n) is 4.18. The molecule has 0 aliphatic rings. The van der Waals surface area contributed by atoms with Gasteiger partial charge in [-0.3, -0.25) is 0 Å². The monoisotopic (exact) mass is 279 g/mol. The summed E-state index contributed by atoms with van der Waals surface area (Å²) >= 11 is 0. The number of hydrogen-bond acceptors (Lipinski definition) is 5. The van der Waals surface area contributed by atoms with Crippen LogP contribution in [0.15, 0.2) is 18.2 Å². The highest BCUT2D eigenvalue weighted by Crippen LogP contribution is 2.18. The van der Waals surface area contributed by atoms with Crippen molar-refractivity contribution in [1.82, 2.24) is 0 Å². The van der Waals surface area contributed by atoms with Crippen LogP contribution >= 0.6 is 0 Å². The molecule has 0 aliphatic carbocycles. The molecule has 0 aromatic heterocycles. The number of methoxy groups -OCH3 is 1. The Balaban J connectivity index is 2.11. The molecule has 110 valence electrons. The Morgan fingerprint density at radius 3 is 2.30 bits per heavy atom. The van der Waals surface area contributed by atoms with E-state index in [1.807, 2.05) is 19.1 Å². The SMILES string of the molecule is COCCOCCOCCOc1ccc(C)cc1C#N. The number of rotatable bonds is 10. The highest BCUT2D eigenvalue weighted by Gasteiger charge is 2.02. The molecule has 1 aromatic carbocycles. The summed E-state index contributed by atoms with van der Waals surface area (Å²) < 4.78 is 21.0. The molecule has 0 radical (unpaired) electrons. The zero-order valence-corrected chi connectivity index (χ0v) is 12.1. The van der Waals surface area contributed by atoms with Crippen molar-refractivity contribution in [3.05, 3.63) is 29.3 Å². The molecular formula is C15H21NO4. The molecule has 1 rings (SSSR count). The zero-order valence-electron chi connectivity index (χ0n) is 12.1. The van der Waals surface area contributed by atoms with Crippen LogP contribution in [0.5, 0.6) is 5.75 Å². The van der Waals surface area contributed by atoms with Gasteiger partial charge in [0, 0.05) is 7.11 Å². The Hall–Kier alpha value is -1.61.